The summed E-state index contributed by atoms with van der Waals surface area (Å²) in [7, 11) is 0. The van der Waals surface area contributed by atoms with Gasteiger partial charge in [0.1, 0.15) is 17.8 Å². The molecule has 1 spiro atoms. The molecule has 0 amide bonds. The van der Waals surface area contributed by atoms with Gasteiger partial charge in [-0.05, 0) is 6.42 Å². The lowest BCUT2D eigenvalue weighted by Crippen LogP contribution is -2.59. The van der Waals surface area contributed by atoms with E-state index >= 15 is 0 Å². The Bertz CT molecular complexity index is 628. The number of hydrogen-bond donors (Lipinski definition) is 0. The molecule has 21 heavy (non-hydrogen) atoms. The first kappa shape index (κ1) is 11.5. The number of carbonyl (C=O) groups excluding carboxylic acids is 2. The SMILES string of the molecule is C=C[C@@]12C[C@@H]3O[C@]34[C@H]([C@@H]1[C@H]1CC(=O)[C@@H]2O1)[C@H]1CC(=O)[C@@H]4O1. The highest BCUT2D eigenvalue weighted by molar-refractivity contribution is 5.90. The van der Waals surface area contributed by atoms with Crippen LogP contribution in [-0.4, -0.2) is 47.7 Å². The Morgan fingerprint density at radius 3 is 2.48 bits per heavy atom. The van der Waals surface area contributed by atoms with Crippen LogP contribution in [0.1, 0.15) is 19.3 Å². The van der Waals surface area contributed by atoms with Crippen molar-refractivity contribution in [1.82, 2.24) is 0 Å². The highest BCUT2D eigenvalue weighted by Gasteiger charge is 2.85. The molecular formula is C16H16O5. The van der Waals surface area contributed by atoms with Crippen LogP contribution in [0.15, 0.2) is 12.7 Å². The summed E-state index contributed by atoms with van der Waals surface area (Å²) in [6.07, 6.45) is 2.82. The number of ketones is 2. The van der Waals surface area contributed by atoms with Crippen molar-refractivity contribution in [3.05, 3.63) is 12.7 Å². The van der Waals surface area contributed by atoms with E-state index in [2.05, 4.69) is 6.58 Å². The van der Waals surface area contributed by atoms with Gasteiger partial charge in [-0.3, -0.25) is 9.59 Å². The van der Waals surface area contributed by atoms with Crippen molar-refractivity contribution in [3.8, 4) is 0 Å². The summed E-state index contributed by atoms with van der Waals surface area (Å²) in [6, 6.07) is 0. The summed E-state index contributed by atoms with van der Waals surface area (Å²) in [5, 5.41) is 0. The van der Waals surface area contributed by atoms with E-state index in [9.17, 15) is 9.59 Å². The fourth-order valence-electron chi connectivity index (χ4n) is 6.31. The van der Waals surface area contributed by atoms with E-state index in [0.29, 0.717) is 12.8 Å². The van der Waals surface area contributed by atoms with Crippen molar-refractivity contribution in [3.63, 3.8) is 0 Å². The Morgan fingerprint density at radius 2 is 1.71 bits per heavy atom. The average Bonchev–Trinajstić information content (AvgIpc) is 2.81. The second kappa shape index (κ2) is 3.03. The summed E-state index contributed by atoms with van der Waals surface area (Å²) >= 11 is 0. The molecule has 0 N–H and O–H groups in total. The quantitative estimate of drug-likeness (QED) is 0.516. The van der Waals surface area contributed by atoms with E-state index in [1.165, 1.54) is 0 Å². The van der Waals surface area contributed by atoms with Crippen molar-refractivity contribution < 1.29 is 23.8 Å². The predicted molar refractivity (Wildman–Crippen MR) is 68.4 cm³/mol. The molecule has 0 aromatic carbocycles. The van der Waals surface area contributed by atoms with Gasteiger partial charge in [-0.25, -0.2) is 0 Å². The van der Waals surface area contributed by atoms with E-state index in [0.717, 1.165) is 6.42 Å². The molecule has 4 bridgehead atoms. The van der Waals surface area contributed by atoms with Gasteiger partial charge in [0.25, 0.3) is 0 Å². The molecule has 6 rings (SSSR count). The van der Waals surface area contributed by atoms with Crippen molar-refractivity contribution in [1.29, 1.82) is 0 Å². The van der Waals surface area contributed by atoms with Crippen molar-refractivity contribution in [2.45, 2.75) is 55.4 Å². The van der Waals surface area contributed by atoms with Gasteiger partial charge in [-0.2, -0.15) is 0 Å². The molecule has 5 heterocycles. The molecule has 0 aromatic rings. The molecule has 5 nitrogen and oxygen atoms in total. The predicted octanol–water partition coefficient (Wildman–Crippen LogP) is 0.413. The van der Waals surface area contributed by atoms with E-state index in [4.69, 9.17) is 14.2 Å². The molecule has 6 fully saturated rings. The molecule has 5 aliphatic heterocycles. The highest BCUT2D eigenvalue weighted by atomic mass is 16.7. The smallest absolute Gasteiger partial charge is 0.167 e. The zero-order valence-corrected chi connectivity index (χ0v) is 11.5. The topological polar surface area (TPSA) is 65.1 Å². The number of ether oxygens (including phenoxy) is 3. The van der Waals surface area contributed by atoms with Gasteiger partial charge < -0.3 is 14.2 Å². The number of carbonyl (C=O) groups is 2. The van der Waals surface area contributed by atoms with Gasteiger partial charge in [-0.1, -0.05) is 6.08 Å². The number of hydrogen-bond acceptors (Lipinski definition) is 5. The molecule has 9 atom stereocenters. The minimum Gasteiger partial charge on any atom is -0.365 e. The van der Waals surface area contributed by atoms with Crippen LogP contribution in [0, 0.1) is 17.3 Å². The van der Waals surface area contributed by atoms with Gasteiger partial charge in [-0.15, -0.1) is 6.58 Å². The van der Waals surface area contributed by atoms with Crippen LogP contribution in [0.2, 0.25) is 0 Å². The molecule has 1 saturated carbocycles. The first-order valence-electron chi connectivity index (χ1n) is 7.79. The van der Waals surface area contributed by atoms with E-state index in [1.54, 1.807) is 0 Å². The van der Waals surface area contributed by atoms with Crippen LogP contribution in [0.4, 0.5) is 0 Å². The standard InChI is InChI=1S/C16H16O5/c1-2-15-5-10-16(21-10)12(9-4-7(18)14(16)20-9)11(15)8-3-6(17)13(15)19-8/h2,8-14H,1,3-5H2/t8-,9-,10+,11+,12+,13+,14+,15-,16+/m1/s1. The molecule has 5 heteroatoms. The molecule has 1 aliphatic carbocycles. The Labute approximate surface area is 121 Å². The average molecular weight is 288 g/mol. The van der Waals surface area contributed by atoms with Crippen LogP contribution in [0.3, 0.4) is 0 Å². The van der Waals surface area contributed by atoms with Crippen molar-refractivity contribution in [2.24, 2.45) is 17.3 Å². The zero-order valence-electron chi connectivity index (χ0n) is 11.5. The molecule has 5 saturated heterocycles. The number of rotatable bonds is 1. The molecule has 0 unspecified atom stereocenters. The van der Waals surface area contributed by atoms with Crippen LogP contribution >= 0.6 is 0 Å². The Hall–Kier alpha value is -1.04. The third-order valence-corrected chi connectivity index (χ3v) is 6.95. The van der Waals surface area contributed by atoms with E-state index < -0.39 is 5.60 Å². The second-order valence-electron chi connectivity index (χ2n) is 7.48. The molecule has 0 radical (unpaired) electrons. The van der Waals surface area contributed by atoms with Gasteiger partial charge >= 0.3 is 0 Å². The van der Waals surface area contributed by atoms with Crippen molar-refractivity contribution in [2.75, 3.05) is 0 Å². The molecule has 0 aromatic heterocycles. The molecule has 6 aliphatic rings. The van der Waals surface area contributed by atoms with E-state index in [1.807, 2.05) is 6.08 Å². The first-order valence-corrected chi connectivity index (χ1v) is 7.79. The van der Waals surface area contributed by atoms with E-state index in [-0.39, 0.29) is 59.3 Å². The van der Waals surface area contributed by atoms with Crippen molar-refractivity contribution >= 4 is 11.6 Å². The molecule has 110 valence electrons. The highest BCUT2D eigenvalue weighted by Crippen LogP contribution is 2.73. The number of fused-ring (bicyclic) bond motifs is 9. The second-order valence-corrected chi connectivity index (χ2v) is 7.48. The van der Waals surface area contributed by atoms with Gasteiger partial charge in [0.05, 0.1) is 18.3 Å². The minimum absolute atomic E-state index is 0.0201. The first-order chi connectivity index (χ1) is 10.1. The minimum atomic E-state index is -0.409. The maximum Gasteiger partial charge on any atom is 0.167 e. The van der Waals surface area contributed by atoms with Gasteiger partial charge in [0.15, 0.2) is 11.6 Å². The Morgan fingerprint density at radius 1 is 1.05 bits per heavy atom. The lowest BCUT2D eigenvalue weighted by Gasteiger charge is -2.47. The van der Waals surface area contributed by atoms with Gasteiger partial charge in [0.2, 0.25) is 0 Å². The molecular weight excluding hydrogens is 272 g/mol. The normalized spacial score (nSPS) is 65.2. The summed E-state index contributed by atoms with van der Waals surface area (Å²) < 4.78 is 18.0. The van der Waals surface area contributed by atoms with Crippen LogP contribution in [-0.2, 0) is 23.8 Å². The third kappa shape index (κ3) is 0.945. The largest absolute Gasteiger partial charge is 0.365 e. The number of epoxide rings is 1. The third-order valence-electron chi connectivity index (χ3n) is 6.95. The summed E-state index contributed by atoms with van der Waals surface area (Å²) in [5.41, 5.74) is -0.722. The van der Waals surface area contributed by atoms with Crippen LogP contribution < -0.4 is 0 Å². The fourth-order valence-corrected chi connectivity index (χ4v) is 6.31. The number of Topliss-reactive ketones (excluding diaryl/α,β-unsaturated/α-hetero) is 2. The summed E-state index contributed by atoms with van der Waals surface area (Å²) in [5.74, 6) is 0.772. The van der Waals surface area contributed by atoms with Gasteiger partial charge in [0, 0.05) is 30.1 Å². The van der Waals surface area contributed by atoms with Crippen LogP contribution in [0.5, 0.6) is 0 Å². The van der Waals surface area contributed by atoms with Crippen LogP contribution in [0.25, 0.3) is 0 Å². The lowest BCUT2D eigenvalue weighted by molar-refractivity contribution is -0.129. The summed E-state index contributed by atoms with van der Waals surface area (Å²) in [6.45, 7) is 4.02. The Balaban J connectivity index is 1.53. The summed E-state index contributed by atoms with van der Waals surface area (Å²) in [4.78, 5) is 24.2. The maximum absolute atomic E-state index is 12.2. The monoisotopic (exact) mass is 288 g/mol. The lowest BCUT2D eigenvalue weighted by atomic mass is 9.50. The zero-order chi connectivity index (χ0) is 14.1. The maximum atomic E-state index is 12.2. The fraction of sp³-hybridized carbons (Fsp3) is 0.750. The Kier molecular flexibility index (Phi) is 1.66.